The summed E-state index contributed by atoms with van der Waals surface area (Å²) in [4.78, 5) is 42.4. The summed E-state index contributed by atoms with van der Waals surface area (Å²) in [6.07, 6.45) is 1.04. The number of amides is 2. The lowest BCUT2D eigenvalue weighted by molar-refractivity contribution is -0.138. The lowest BCUT2D eigenvalue weighted by Crippen LogP contribution is -2.38. The predicted octanol–water partition coefficient (Wildman–Crippen LogP) is 1.06. The maximum absolute atomic E-state index is 13.2. The van der Waals surface area contributed by atoms with Gasteiger partial charge >= 0.3 is 5.97 Å². The number of hydrogen-bond donors (Lipinski definition) is 3. The smallest absolute Gasteiger partial charge is 0.325 e. The average molecular weight is 360 g/mol. The summed E-state index contributed by atoms with van der Waals surface area (Å²) < 4.78 is 13.2. The zero-order valence-corrected chi connectivity index (χ0v) is 14.1. The van der Waals surface area contributed by atoms with Crippen LogP contribution in [-0.2, 0) is 11.3 Å². The van der Waals surface area contributed by atoms with E-state index in [-0.39, 0.29) is 23.7 Å². The first-order valence-corrected chi connectivity index (χ1v) is 7.67. The average Bonchev–Trinajstić information content (AvgIpc) is 2.62. The first-order chi connectivity index (χ1) is 12.3. The number of halogens is 1. The third kappa shape index (κ3) is 4.82. The fourth-order valence-corrected chi connectivity index (χ4v) is 2.03. The molecule has 0 saturated heterocycles. The number of rotatable bonds is 6. The molecular formula is C17H17FN4O4. The maximum Gasteiger partial charge on any atom is 0.325 e. The molecule has 0 bridgehead atoms. The van der Waals surface area contributed by atoms with Crippen molar-refractivity contribution in [2.75, 3.05) is 0 Å². The Hall–Kier alpha value is -3.36. The zero-order valence-electron chi connectivity index (χ0n) is 14.1. The molecule has 8 nitrogen and oxygen atoms in total. The molecule has 136 valence electrons. The van der Waals surface area contributed by atoms with Crippen molar-refractivity contribution in [2.45, 2.75) is 26.4 Å². The minimum Gasteiger partial charge on any atom is -0.480 e. The van der Waals surface area contributed by atoms with Crippen LogP contribution in [0.5, 0.6) is 0 Å². The number of carbonyl (C=O) groups excluding carboxylic acids is 2. The molecule has 26 heavy (non-hydrogen) atoms. The monoisotopic (exact) mass is 360 g/mol. The fraction of sp³-hybridized carbons (Fsp3) is 0.235. The number of aromatic nitrogens is 2. The van der Waals surface area contributed by atoms with E-state index < -0.39 is 23.8 Å². The molecule has 0 saturated carbocycles. The lowest BCUT2D eigenvalue weighted by Gasteiger charge is -2.09. The quantitative estimate of drug-likeness (QED) is 0.708. The van der Waals surface area contributed by atoms with Gasteiger partial charge in [-0.05, 0) is 31.0 Å². The molecule has 1 aromatic heterocycles. The van der Waals surface area contributed by atoms with Crippen molar-refractivity contribution in [3.8, 4) is 0 Å². The van der Waals surface area contributed by atoms with E-state index in [4.69, 9.17) is 5.11 Å². The van der Waals surface area contributed by atoms with E-state index in [1.807, 2.05) is 0 Å². The highest BCUT2D eigenvalue weighted by Gasteiger charge is 2.18. The van der Waals surface area contributed by atoms with Gasteiger partial charge in [0.25, 0.3) is 11.8 Å². The summed E-state index contributed by atoms with van der Waals surface area (Å²) in [5.74, 6) is -2.80. The molecule has 0 fully saturated rings. The standard InChI is InChI=1S/C17H17FN4O4/c1-9-5-11(3-4-12(9)18)7-19-15(23)13-6-14(21-8-20-13)16(24)22-10(2)17(25)26/h3-6,8,10H,7H2,1-2H3,(H,19,23)(H,22,24)(H,25,26)/t10-/m0/s1. The van der Waals surface area contributed by atoms with Gasteiger partial charge in [-0.15, -0.1) is 0 Å². The fourth-order valence-electron chi connectivity index (χ4n) is 2.03. The molecule has 2 amide bonds. The Balaban J connectivity index is 2.04. The molecule has 0 aliphatic rings. The van der Waals surface area contributed by atoms with Crippen LogP contribution >= 0.6 is 0 Å². The van der Waals surface area contributed by atoms with E-state index in [1.165, 1.54) is 13.0 Å². The number of nitrogens with one attached hydrogen (secondary N) is 2. The normalized spacial score (nSPS) is 11.5. The SMILES string of the molecule is Cc1cc(CNC(=O)c2cc(C(=O)N[C@@H](C)C(=O)O)ncn2)ccc1F. The van der Waals surface area contributed by atoms with Crippen LogP contribution in [-0.4, -0.2) is 38.9 Å². The number of carboxylic acids is 1. The van der Waals surface area contributed by atoms with Crippen molar-refractivity contribution in [1.29, 1.82) is 0 Å². The van der Waals surface area contributed by atoms with E-state index in [1.54, 1.807) is 19.1 Å². The predicted molar refractivity (Wildman–Crippen MR) is 88.9 cm³/mol. The summed E-state index contributed by atoms with van der Waals surface area (Å²) in [6, 6.07) is 4.54. The maximum atomic E-state index is 13.2. The van der Waals surface area contributed by atoms with Crippen molar-refractivity contribution < 1.29 is 23.9 Å². The Morgan fingerprint density at radius 2 is 1.81 bits per heavy atom. The summed E-state index contributed by atoms with van der Waals surface area (Å²) in [6.45, 7) is 3.08. The Morgan fingerprint density at radius 1 is 1.15 bits per heavy atom. The Morgan fingerprint density at radius 3 is 2.42 bits per heavy atom. The molecule has 2 aromatic rings. The second-order valence-corrected chi connectivity index (χ2v) is 5.59. The van der Waals surface area contributed by atoms with E-state index in [9.17, 15) is 18.8 Å². The van der Waals surface area contributed by atoms with Crippen LogP contribution in [0.1, 0.15) is 39.0 Å². The van der Waals surface area contributed by atoms with Gasteiger partial charge in [-0.2, -0.15) is 0 Å². The minimum atomic E-state index is -1.19. The van der Waals surface area contributed by atoms with E-state index in [0.717, 1.165) is 12.4 Å². The van der Waals surface area contributed by atoms with Crippen LogP contribution in [0.2, 0.25) is 0 Å². The minimum absolute atomic E-state index is 0.0491. The van der Waals surface area contributed by atoms with Gasteiger partial charge in [-0.1, -0.05) is 12.1 Å². The number of carboxylic acid groups (broad SMARTS) is 1. The third-order valence-corrected chi connectivity index (χ3v) is 3.53. The van der Waals surface area contributed by atoms with E-state index in [2.05, 4.69) is 20.6 Å². The number of carbonyl (C=O) groups is 3. The first kappa shape index (κ1) is 19.0. The molecular weight excluding hydrogens is 343 g/mol. The van der Waals surface area contributed by atoms with Crippen LogP contribution in [0.25, 0.3) is 0 Å². The third-order valence-electron chi connectivity index (χ3n) is 3.53. The molecule has 0 aliphatic heterocycles. The van der Waals surface area contributed by atoms with E-state index in [0.29, 0.717) is 11.1 Å². The summed E-state index contributed by atoms with van der Waals surface area (Å²) >= 11 is 0. The molecule has 0 aliphatic carbocycles. The van der Waals surface area contributed by atoms with Gasteiger partial charge in [0.15, 0.2) is 0 Å². The zero-order chi connectivity index (χ0) is 19.3. The van der Waals surface area contributed by atoms with Crippen molar-refractivity contribution in [3.63, 3.8) is 0 Å². The van der Waals surface area contributed by atoms with Gasteiger partial charge in [0, 0.05) is 12.6 Å². The number of benzene rings is 1. The van der Waals surface area contributed by atoms with Gasteiger partial charge in [0.2, 0.25) is 0 Å². The van der Waals surface area contributed by atoms with Gasteiger partial charge in [-0.25, -0.2) is 14.4 Å². The van der Waals surface area contributed by atoms with Crippen LogP contribution in [0.4, 0.5) is 4.39 Å². The second-order valence-electron chi connectivity index (χ2n) is 5.59. The highest BCUT2D eigenvalue weighted by molar-refractivity contribution is 5.98. The Labute approximate surface area is 148 Å². The highest BCUT2D eigenvalue weighted by Crippen LogP contribution is 2.09. The van der Waals surface area contributed by atoms with Crippen molar-refractivity contribution in [2.24, 2.45) is 0 Å². The summed E-state index contributed by atoms with van der Waals surface area (Å²) in [5, 5.41) is 13.6. The number of hydrogen-bond acceptors (Lipinski definition) is 5. The topological polar surface area (TPSA) is 121 Å². The van der Waals surface area contributed by atoms with Crippen molar-refractivity contribution in [3.05, 3.63) is 58.9 Å². The molecule has 1 heterocycles. The molecule has 0 spiro atoms. The molecule has 1 atom stereocenters. The largest absolute Gasteiger partial charge is 0.480 e. The number of aliphatic carboxylic acids is 1. The second kappa shape index (κ2) is 8.15. The van der Waals surface area contributed by atoms with E-state index >= 15 is 0 Å². The highest BCUT2D eigenvalue weighted by atomic mass is 19.1. The van der Waals surface area contributed by atoms with Crippen LogP contribution < -0.4 is 10.6 Å². The van der Waals surface area contributed by atoms with Gasteiger partial charge in [0.05, 0.1) is 0 Å². The van der Waals surface area contributed by atoms with Crippen LogP contribution in [0.15, 0.2) is 30.6 Å². The summed E-state index contributed by atoms with van der Waals surface area (Å²) in [5.41, 5.74) is 0.993. The van der Waals surface area contributed by atoms with Gasteiger partial charge in [-0.3, -0.25) is 14.4 Å². The number of nitrogens with zero attached hydrogens (tertiary/aromatic N) is 2. The molecule has 9 heteroatoms. The molecule has 1 aromatic carbocycles. The molecule has 0 unspecified atom stereocenters. The number of aryl methyl sites for hydroxylation is 1. The molecule has 2 rings (SSSR count). The van der Waals surface area contributed by atoms with Gasteiger partial charge in [0.1, 0.15) is 29.6 Å². The van der Waals surface area contributed by atoms with Crippen LogP contribution in [0, 0.1) is 12.7 Å². The summed E-state index contributed by atoms with van der Waals surface area (Å²) in [7, 11) is 0. The molecule has 0 radical (unpaired) electrons. The Kier molecular flexibility index (Phi) is 5.94. The van der Waals surface area contributed by atoms with Crippen molar-refractivity contribution >= 4 is 17.8 Å². The van der Waals surface area contributed by atoms with Gasteiger partial charge < -0.3 is 15.7 Å². The lowest BCUT2D eigenvalue weighted by atomic mass is 10.1. The van der Waals surface area contributed by atoms with Crippen LogP contribution in [0.3, 0.4) is 0 Å². The molecule has 3 N–H and O–H groups in total. The first-order valence-electron chi connectivity index (χ1n) is 7.67. The Bertz CT molecular complexity index is 856. The van der Waals surface area contributed by atoms with Crippen molar-refractivity contribution in [1.82, 2.24) is 20.6 Å².